The number of hydrogen-bond donors (Lipinski definition) is 1. The Morgan fingerprint density at radius 3 is 2.42 bits per heavy atom. The first-order valence-electron chi connectivity index (χ1n) is 7.85. The van der Waals surface area contributed by atoms with Crippen molar-refractivity contribution in [2.24, 2.45) is 11.7 Å². The van der Waals surface area contributed by atoms with Crippen molar-refractivity contribution in [1.29, 1.82) is 0 Å². The van der Waals surface area contributed by atoms with Crippen LogP contribution in [0.1, 0.15) is 33.6 Å². The Balaban J connectivity index is 1.69. The minimum absolute atomic E-state index is 0.0127. The van der Waals surface area contributed by atoms with E-state index in [0.29, 0.717) is 29.2 Å². The van der Waals surface area contributed by atoms with E-state index >= 15 is 0 Å². The van der Waals surface area contributed by atoms with Gasteiger partial charge in [-0.05, 0) is 43.2 Å². The van der Waals surface area contributed by atoms with Crippen molar-refractivity contribution in [3.63, 3.8) is 0 Å². The number of ketones is 1. The molecule has 5 nitrogen and oxygen atoms in total. The van der Waals surface area contributed by atoms with Crippen LogP contribution in [0, 0.1) is 5.92 Å². The van der Waals surface area contributed by atoms with E-state index in [2.05, 4.69) is 9.88 Å². The maximum atomic E-state index is 12.6. The molecule has 1 aromatic carbocycles. The monoisotopic (exact) mass is 343 g/mol. The molecule has 0 spiro atoms. The average Bonchev–Trinajstić information content (AvgIpc) is 2.62. The molecule has 124 valence electrons. The fourth-order valence-corrected chi connectivity index (χ4v) is 3.21. The molecule has 0 bridgehead atoms. The molecule has 1 aliphatic rings. The predicted molar refractivity (Wildman–Crippen MR) is 93.5 cm³/mol. The molecule has 1 aromatic heterocycles. The zero-order valence-corrected chi connectivity index (χ0v) is 13.9. The molecule has 0 saturated carbocycles. The van der Waals surface area contributed by atoms with Crippen molar-refractivity contribution < 1.29 is 9.59 Å². The van der Waals surface area contributed by atoms with E-state index in [9.17, 15) is 9.59 Å². The summed E-state index contributed by atoms with van der Waals surface area (Å²) >= 11 is 5.87. The van der Waals surface area contributed by atoms with Gasteiger partial charge >= 0.3 is 0 Å². The number of Topliss-reactive ketones (excluding diaryl/α,β-unsaturated/α-hetero) is 1. The number of aromatic nitrogens is 1. The molecule has 2 aromatic rings. The summed E-state index contributed by atoms with van der Waals surface area (Å²) in [6.45, 7) is 1.41. The Hall–Kier alpha value is -2.40. The summed E-state index contributed by atoms with van der Waals surface area (Å²) in [5.74, 6) is -0.352. The summed E-state index contributed by atoms with van der Waals surface area (Å²) in [5.41, 5.74) is 7.31. The Morgan fingerprint density at radius 2 is 1.79 bits per heavy atom. The van der Waals surface area contributed by atoms with Crippen LogP contribution in [0.3, 0.4) is 0 Å². The molecular weight excluding hydrogens is 326 g/mol. The van der Waals surface area contributed by atoms with Gasteiger partial charge in [0.05, 0.1) is 11.3 Å². The van der Waals surface area contributed by atoms with Crippen LogP contribution >= 0.6 is 11.6 Å². The second kappa shape index (κ2) is 7.01. The molecule has 3 rings (SSSR count). The van der Waals surface area contributed by atoms with Gasteiger partial charge in [-0.15, -0.1) is 0 Å². The van der Waals surface area contributed by atoms with Gasteiger partial charge in [-0.2, -0.15) is 0 Å². The van der Waals surface area contributed by atoms with Gasteiger partial charge in [0.25, 0.3) is 5.91 Å². The van der Waals surface area contributed by atoms with Gasteiger partial charge in [0.15, 0.2) is 5.78 Å². The molecule has 0 radical (unpaired) electrons. The number of nitrogens with two attached hydrogens (primary N) is 1. The molecule has 0 atom stereocenters. The standard InChI is InChI=1S/C18H18ClN3O2/c19-14-3-1-12(2-4-14)17(23)13-6-9-22(10-7-13)16-5-8-21-11-15(16)18(20)24/h1-5,8,11,13H,6-7,9-10H2,(H2,20,24). The van der Waals surface area contributed by atoms with Crippen LogP contribution in [-0.2, 0) is 0 Å². The van der Waals surface area contributed by atoms with Crippen molar-refractivity contribution >= 4 is 29.0 Å². The van der Waals surface area contributed by atoms with Gasteiger partial charge in [-0.1, -0.05) is 11.6 Å². The Bertz CT molecular complexity index is 753. The molecule has 1 saturated heterocycles. The molecule has 1 aliphatic heterocycles. The summed E-state index contributed by atoms with van der Waals surface area (Å²) in [5, 5.41) is 0.623. The third-order valence-corrected chi connectivity index (χ3v) is 4.65. The number of benzene rings is 1. The van der Waals surface area contributed by atoms with E-state index in [0.717, 1.165) is 18.5 Å². The highest BCUT2D eigenvalue weighted by Gasteiger charge is 2.27. The van der Waals surface area contributed by atoms with Crippen LogP contribution in [0.2, 0.25) is 5.02 Å². The van der Waals surface area contributed by atoms with E-state index in [1.165, 1.54) is 6.20 Å². The second-order valence-electron chi connectivity index (χ2n) is 5.89. The SMILES string of the molecule is NC(=O)c1cnccc1N1CCC(C(=O)c2ccc(Cl)cc2)CC1. The van der Waals surface area contributed by atoms with Crippen molar-refractivity contribution in [3.05, 3.63) is 58.9 Å². The number of halogens is 1. The van der Waals surface area contributed by atoms with Crippen LogP contribution in [0.25, 0.3) is 0 Å². The molecular formula is C18H18ClN3O2. The largest absolute Gasteiger partial charge is 0.371 e. The number of primary amides is 1. The minimum atomic E-state index is -0.488. The Morgan fingerprint density at radius 1 is 1.12 bits per heavy atom. The number of carbonyl (C=O) groups excluding carboxylic acids is 2. The molecule has 24 heavy (non-hydrogen) atoms. The highest BCUT2D eigenvalue weighted by atomic mass is 35.5. The normalized spacial score (nSPS) is 15.3. The van der Waals surface area contributed by atoms with Gasteiger partial charge in [0.2, 0.25) is 0 Å². The van der Waals surface area contributed by atoms with Gasteiger partial charge in [-0.3, -0.25) is 14.6 Å². The first-order chi connectivity index (χ1) is 11.6. The van der Waals surface area contributed by atoms with Crippen molar-refractivity contribution in [1.82, 2.24) is 4.98 Å². The van der Waals surface area contributed by atoms with Crippen LogP contribution in [0.4, 0.5) is 5.69 Å². The number of rotatable bonds is 4. The van der Waals surface area contributed by atoms with Crippen LogP contribution in [0.5, 0.6) is 0 Å². The summed E-state index contributed by atoms with van der Waals surface area (Å²) in [7, 11) is 0. The number of anilines is 1. The number of amides is 1. The van der Waals surface area contributed by atoms with Crippen LogP contribution in [0.15, 0.2) is 42.7 Å². The van der Waals surface area contributed by atoms with Crippen molar-refractivity contribution in [2.45, 2.75) is 12.8 Å². The van der Waals surface area contributed by atoms with Gasteiger partial charge in [0.1, 0.15) is 0 Å². The topological polar surface area (TPSA) is 76.3 Å². The van der Waals surface area contributed by atoms with E-state index < -0.39 is 5.91 Å². The third-order valence-electron chi connectivity index (χ3n) is 4.40. The molecule has 1 amide bonds. The van der Waals surface area contributed by atoms with Gasteiger partial charge < -0.3 is 10.6 Å². The highest BCUT2D eigenvalue weighted by molar-refractivity contribution is 6.30. The molecule has 0 aliphatic carbocycles. The lowest BCUT2D eigenvalue weighted by Crippen LogP contribution is -2.37. The zero-order valence-electron chi connectivity index (χ0n) is 13.1. The van der Waals surface area contributed by atoms with E-state index in [4.69, 9.17) is 17.3 Å². The number of nitrogens with zero attached hydrogens (tertiary/aromatic N) is 2. The van der Waals surface area contributed by atoms with E-state index in [1.807, 2.05) is 0 Å². The first-order valence-corrected chi connectivity index (χ1v) is 8.22. The van der Waals surface area contributed by atoms with E-state index in [1.54, 1.807) is 36.5 Å². The second-order valence-corrected chi connectivity index (χ2v) is 6.33. The highest BCUT2D eigenvalue weighted by Crippen LogP contribution is 2.28. The third kappa shape index (κ3) is 3.41. The maximum Gasteiger partial charge on any atom is 0.252 e. The van der Waals surface area contributed by atoms with Crippen molar-refractivity contribution in [3.8, 4) is 0 Å². The summed E-state index contributed by atoms with van der Waals surface area (Å²) in [6.07, 6.45) is 4.61. The number of pyridine rings is 1. The molecule has 2 N–H and O–H groups in total. The van der Waals surface area contributed by atoms with Crippen LogP contribution in [-0.4, -0.2) is 29.8 Å². The molecule has 2 heterocycles. The molecule has 0 unspecified atom stereocenters. The van der Waals surface area contributed by atoms with Gasteiger partial charge in [0, 0.05) is 42.0 Å². The van der Waals surface area contributed by atoms with Crippen molar-refractivity contribution in [2.75, 3.05) is 18.0 Å². The maximum absolute atomic E-state index is 12.6. The Labute approximate surface area is 145 Å². The lowest BCUT2D eigenvalue weighted by Gasteiger charge is -2.33. The molecule has 1 fully saturated rings. The lowest BCUT2D eigenvalue weighted by atomic mass is 9.88. The predicted octanol–water partition coefficient (Wildman–Crippen LogP) is 2.93. The Kier molecular flexibility index (Phi) is 4.81. The smallest absolute Gasteiger partial charge is 0.252 e. The summed E-state index contributed by atoms with van der Waals surface area (Å²) < 4.78 is 0. The van der Waals surface area contributed by atoms with E-state index in [-0.39, 0.29) is 11.7 Å². The quantitative estimate of drug-likeness (QED) is 0.866. The summed E-state index contributed by atoms with van der Waals surface area (Å²) in [6, 6.07) is 8.80. The zero-order chi connectivity index (χ0) is 17.1. The fraction of sp³-hybridized carbons (Fsp3) is 0.278. The number of hydrogen-bond acceptors (Lipinski definition) is 4. The lowest BCUT2D eigenvalue weighted by molar-refractivity contribution is 0.0899. The summed E-state index contributed by atoms with van der Waals surface area (Å²) in [4.78, 5) is 30.2. The number of carbonyl (C=O) groups is 2. The fourth-order valence-electron chi connectivity index (χ4n) is 3.09. The van der Waals surface area contributed by atoms with Gasteiger partial charge in [-0.25, -0.2) is 0 Å². The number of piperidine rings is 1. The average molecular weight is 344 g/mol. The first kappa shape index (κ1) is 16.5. The minimum Gasteiger partial charge on any atom is -0.371 e. The molecule has 6 heteroatoms. The van der Waals surface area contributed by atoms with Crippen LogP contribution < -0.4 is 10.6 Å².